The maximum atomic E-state index is 12.0. The highest BCUT2D eigenvalue weighted by Crippen LogP contribution is 2.09. The number of hydrogen-bond donors (Lipinski definition) is 0. The quantitative estimate of drug-likeness (QED) is 0.406. The number of hydrogen-bond acceptors (Lipinski definition) is 8. The Hall–Kier alpha value is -2.98. The molecule has 2 aromatic heterocycles. The van der Waals surface area contributed by atoms with Crippen LogP contribution < -0.4 is 0 Å². The van der Waals surface area contributed by atoms with Crippen LogP contribution in [0.15, 0.2) is 45.8 Å². The van der Waals surface area contributed by atoms with Gasteiger partial charge < -0.3 is 19.3 Å². The van der Waals surface area contributed by atoms with Crippen LogP contribution in [0.5, 0.6) is 0 Å². The molecule has 0 atom stereocenters. The van der Waals surface area contributed by atoms with Crippen LogP contribution in [0.1, 0.15) is 11.1 Å². The molecule has 0 fully saturated rings. The molecule has 2 amide bonds. The van der Waals surface area contributed by atoms with Crippen molar-refractivity contribution in [1.82, 2.24) is 9.80 Å². The lowest BCUT2D eigenvalue weighted by Gasteiger charge is -2.16. The second-order valence-electron chi connectivity index (χ2n) is 6.31. The molecule has 0 saturated carbocycles. The minimum atomic E-state index is -0.856. The van der Waals surface area contributed by atoms with Crippen LogP contribution >= 0.6 is 22.7 Å². The zero-order valence-corrected chi connectivity index (χ0v) is 18.2. The molecular weight excluding hydrogens is 428 g/mol. The van der Waals surface area contributed by atoms with Crippen molar-refractivity contribution < 1.29 is 28.7 Å². The van der Waals surface area contributed by atoms with Gasteiger partial charge in [0, 0.05) is 39.3 Å². The molecule has 160 valence electrons. The third kappa shape index (κ3) is 8.18. The average Bonchev–Trinajstić information content (AvgIpc) is 3.42. The zero-order valence-electron chi connectivity index (χ0n) is 16.6. The van der Waals surface area contributed by atoms with Crippen molar-refractivity contribution in [3.63, 3.8) is 0 Å². The van der Waals surface area contributed by atoms with Crippen LogP contribution in [-0.2, 0) is 41.7 Å². The first-order chi connectivity index (χ1) is 14.3. The first kappa shape index (κ1) is 23.3. The summed E-state index contributed by atoms with van der Waals surface area (Å²) in [4.78, 5) is 50.1. The van der Waals surface area contributed by atoms with Gasteiger partial charge in [-0.25, -0.2) is 9.59 Å². The summed E-state index contributed by atoms with van der Waals surface area (Å²) < 4.78 is 9.64. The third-order valence-electron chi connectivity index (χ3n) is 3.88. The molecule has 0 aliphatic carbocycles. The Kier molecular flexibility index (Phi) is 9.23. The van der Waals surface area contributed by atoms with Crippen molar-refractivity contribution in [1.29, 1.82) is 0 Å². The molecule has 2 heterocycles. The maximum Gasteiger partial charge on any atom is 0.331 e. The van der Waals surface area contributed by atoms with E-state index in [0.29, 0.717) is 13.1 Å². The SMILES string of the molecule is CN(Cc1ccsc1)C(=O)COC(=O)/C=C/C(=O)OCC(=O)N(C)Cc1ccsc1. The van der Waals surface area contributed by atoms with Gasteiger partial charge in [-0.2, -0.15) is 22.7 Å². The molecule has 8 nitrogen and oxygen atoms in total. The van der Waals surface area contributed by atoms with E-state index in [1.54, 1.807) is 14.1 Å². The highest BCUT2D eigenvalue weighted by Gasteiger charge is 2.13. The molecule has 0 N–H and O–H groups in total. The minimum Gasteiger partial charge on any atom is -0.452 e. The van der Waals surface area contributed by atoms with Crippen LogP contribution in [0, 0.1) is 0 Å². The van der Waals surface area contributed by atoms with Crippen LogP contribution in [0.3, 0.4) is 0 Å². The van der Waals surface area contributed by atoms with Crippen molar-refractivity contribution in [3.05, 3.63) is 56.9 Å². The average molecular weight is 451 g/mol. The van der Waals surface area contributed by atoms with E-state index in [2.05, 4.69) is 0 Å². The molecule has 30 heavy (non-hydrogen) atoms. The van der Waals surface area contributed by atoms with Crippen molar-refractivity contribution in [2.45, 2.75) is 13.1 Å². The normalized spacial score (nSPS) is 10.6. The Morgan fingerprint density at radius 1 is 0.800 bits per heavy atom. The van der Waals surface area contributed by atoms with Gasteiger partial charge >= 0.3 is 11.9 Å². The number of carbonyl (C=O) groups excluding carboxylic acids is 4. The summed E-state index contributed by atoms with van der Waals surface area (Å²) in [6, 6.07) is 3.80. The van der Waals surface area contributed by atoms with Gasteiger partial charge in [0.1, 0.15) is 0 Å². The molecule has 0 spiro atoms. The molecule has 0 aliphatic rings. The molecule has 0 radical (unpaired) electrons. The van der Waals surface area contributed by atoms with E-state index in [1.807, 2.05) is 33.7 Å². The smallest absolute Gasteiger partial charge is 0.331 e. The number of carbonyl (C=O) groups is 4. The van der Waals surface area contributed by atoms with E-state index < -0.39 is 25.2 Å². The Balaban J connectivity index is 1.65. The molecule has 0 unspecified atom stereocenters. The molecule has 0 bridgehead atoms. The van der Waals surface area contributed by atoms with Gasteiger partial charge in [0.25, 0.3) is 11.8 Å². The number of nitrogens with zero attached hydrogens (tertiary/aromatic N) is 2. The number of amides is 2. The van der Waals surface area contributed by atoms with E-state index in [9.17, 15) is 19.2 Å². The number of ether oxygens (including phenoxy) is 2. The lowest BCUT2D eigenvalue weighted by atomic mass is 10.3. The van der Waals surface area contributed by atoms with Gasteiger partial charge in [-0.1, -0.05) is 0 Å². The summed E-state index contributed by atoms with van der Waals surface area (Å²) in [7, 11) is 3.21. The number of esters is 2. The zero-order chi connectivity index (χ0) is 21.9. The molecule has 0 aliphatic heterocycles. The first-order valence-electron chi connectivity index (χ1n) is 8.87. The first-order valence-corrected chi connectivity index (χ1v) is 10.8. The van der Waals surface area contributed by atoms with Crippen LogP contribution in [0.25, 0.3) is 0 Å². The summed E-state index contributed by atoms with van der Waals surface area (Å²) in [5.41, 5.74) is 1.97. The van der Waals surface area contributed by atoms with Gasteiger partial charge in [-0.3, -0.25) is 9.59 Å². The lowest BCUT2D eigenvalue weighted by molar-refractivity contribution is -0.149. The largest absolute Gasteiger partial charge is 0.452 e. The fraction of sp³-hybridized carbons (Fsp3) is 0.300. The number of rotatable bonds is 10. The summed E-state index contributed by atoms with van der Waals surface area (Å²) in [5.74, 6) is -2.45. The summed E-state index contributed by atoms with van der Waals surface area (Å²) in [6.07, 6.45) is 1.71. The fourth-order valence-corrected chi connectivity index (χ4v) is 3.53. The van der Waals surface area contributed by atoms with Crippen LogP contribution in [0.4, 0.5) is 0 Å². The molecular formula is C20H22N2O6S2. The Morgan fingerprint density at radius 2 is 1.20 bits per heavy atom. The molecule has 0 saturated heterocycles. The Labute approximate surface area is 182 Å². The standard InChI is InChI=1S/C20H22N2O6S2/c1-21(9-15-5-7-29-13-15)17(23)11-27-19(25)3-4-20(26)28-12-18(24)22(2)10-16-6-8-30-14-16/h3-8,13-14H,9-12H2,1-2H3/b4-3+. The van der Waals surface area contributed by atoms with E-state index >= 15 is 0 Å². The van der Waals surface area contributed by atoms with Gasteiger partial charge in [0.05, 0.1) is 0 Å². The summed E-state index contributed by atoms with van der Waals surface area (Å²) >= 11 is 3.06. The van der Waals surface area contributed by atoms with E-state index in [-0.39, 0.29) is 11.8 Å². The van der Waals surface area contributed by atoms with Crippen molar-refractivity contribution in [2.24, 2.45) is 0 Å². The monoisotopic (exact) mass is 450 g/mol. The Bertz CT molecular complexity index is 805. The summed E-state index contributed by atoms with van der Waals surface area (Å²) in [5, 5.41) is 7.67. The predicted octanol–water partition coefficient (Wildman–Crippen LogP) is 2.07. The molecule has 2 aromatic rings. The van der Waals surface area contributed by atoms with Crippen LogP contribution in [-0.4, -0.2) is 60.9 Å². The third-order valence-corrected chi connectivity index (χ3v) is 5.35. The van der Waals surface area contributed by atoms with E-state index in [0.717, 1.165) is 23.3 Å². The molecule has 2 rings (SSSR count). The minimum absolute atomic E-state index is 0.371. The maximum absolute atomic E-state index is 12.0. The highest BCUT2D eigenvalue weighted by molar-refractivity contribution is 7.08. The van der Waals surface area contributed by atoms with Crippen molar-refractivity contribution in [3.8, 4) is 0 Å². The number of thiophene rings is 2. The van der Waals surface area contributed by atoms with Gasteiger partial charge in [-0.15, -0.1) is 0 Å². The Morgan fingerprint density at radius 3 is 1.53 bits per heavy atom. The van der Waals surface area contributed by atoms with Crippen molar-refractivity contribution >= 4 is 46.4 Å². The van der Waals surface area contributed by atoms with E-state index in [4.69, 9.17) is 9.47 Å². The topological polar surface area (TPSA) is 93.2 Å². The van der Waals surface area contributed by atoms with Gasteiger partial charge in [0.15, 0.2) is 13.2 Å². The number of likely N-dealkylation sites (N-methyl/N-ethyl adjacent to an activating group) is 2. The summed E-state index contributed by atoms with van der Waals surface area (Å²) in [6.45, 7) is -0.0523. The fourth-order valence-electron chi connectivity index (χ4n) is 2.21. The van der Waals surface area contributed by atoms with Gasteiger partial charge in [-0.05, 0) is 44.8 Å². The second-order valence-corrected chi connectivity index (χ2v) is 7.87. The predicted molar refractivity (Wildman–Crippen MR) is 113 cm³/mol. The van der Waals surface area contributed by atoms with Gasteiger partial charge in [0.2, 0.25) is 0 Å². The van der Waals surface area contributed by atoms with Crippen LogP contribution in [0.2, 0.25) is 0 Å². The molecule has 10 heteroatoms. The highest BCUT2D eigenvalue weighted by atomic mass is 32.1. The van der Waals surface area contributed by atoms with E-state index in [1.165, 1.54) is 32.5 Å². The lowest BCUT2D eigenvalue weighted by Crippen LogP contribution is -2.30. The molecule has 0 aromatic carbocycles. The second kappa shape index (κ2) is 11.9. The van der Waals surface area contributed by atoms with Crippen molar-refractivity contribution in [2.75, 3.05) is 27.3 Å².